The summed E-state index contributed by atoms with van der Waals surface area (Å²) in [4.78, 5) is 10.8. The molecule has 346 valence electrons. The molecular formula is C64H60N6. The molecule has 0 saturated heterocycles. The van der Waals surface area contributed by atoms with Crippen molar-refractivity contribution >= 4 is 43.6 Å². The number of benzene rings is 7. The van der Waals surface area contributed by atoms with Crippen LogP contribution < -0.4 is 0 Å². The molecule has 0 amide bonds. The van der Waals surface area contributed by atoms with Gasteiger partial charge in [0.25, 0.3) is 0 Å². The van der Waals surface area contributed by atoms with Gasteiger partial charge in [0, 0.05) is 38.2 Å². The summed E-state index contributed by atoms with van der Waals surface area (Å²) in [6, 6.07) is 56.2. The van der Waals surface area contributed by atoms with Crippen LogP contribution in [0.2, 0.25) is 0 Å². The number of nitriles is 2. The summed E-state index contributed by atoms with van der Waals surface area (Å²) in [5.41, 5.74) is 15.7. The second-order valence-corrected chi connectivity index (χ2v) is 23.1. The maximum absolute atomic E-state index is 10.5. The molecule has 0 radical (unpaired) electrons. The van der Waals surface area contributed by atoms with Gasteiger partial charge in [-0.25, -0.2) is 9.97 Å². The molecule has 7 aromatic carbocycles. The van der Waals surface area contributed by atoms with E-state index in [-0.39, 0.29) is 21.7 Å². The molecule has 70 heavy (non-hydrogen) atoms. The highest BCUT2D eigenvalue weighted by atomic mass is 15.0. The Balaban J connectivity index is 1.28. The van der Waals surface area contributed by atoms with E-state index in [1.54, 1.807) is 0 Å². The molecule has 0 fully saturated rings. The lowest BCUT2D eigenvalue weighted by molar-refractivity contribution is 0.590. The highest BCUT2D eigenvalue weighted by Gasteiger charge is 2.26. The zero-order valence-electron chi connectivity index (χ0n) is 42.5. The molecule has 6 nitrogen and oxygen atoms in total. The molecule has 3 aromatic heterocycles. The van der Waals surface area contributed by atoms with Crippen LogP contribution in [0, 0.1) is 22.7 Å². The lowest BCUT2D eigenvalue weighted by atomic mass is 9.85. The van der Waals surface area contributed by atoms with Crippen LogP contribution >= 0.6 is 0 Å². The number of nitrogens with zero attached hydrogens (tertiary/aromatic N) is 6. The van der Waals surface area contributed by atoms with Gasteiger partial charge >= 0.3 is 0 Å². The van der Waals surface area contributed by atoms with Gasteiger partial charge in [-0.15, -0.1) is 0 Å². The Labute approximate surface area is 412 Å². The Morgan fingerprint density at radius 1 is 0.371 bits per heavy atom. The summed E-state index contributed by atoms with van der Waals surface area (Å²) in [5, 5.41) is 25.7. The van der Waals surface area contributed by atoms with Crippen molar-refractivity contribution in [1.29, 1.82) is 10.5 Å². The molecule has 0 saturated carbocycles. The fourth-order valence-corrected chi connectivity index (χ4v) is 9.88. The smallest absolute Gasteiger partial charge is 0.160 e. The van der Waals surface area contributed by atoms with Gasteiger partial charge in [0.15, 0.2) is 5.82 Å². The maximum atomic E-state index is 10.5. The highest BCUT2D eigenvalue weighted by molar-refractivity contribution is 6.11. The summed E-state index contributed by atoms with van der Waals surface area (Å²) in [6.45, 7) is 27.1. The molecule has 0 spiro atoms. The first kappa shape index (κ1) is 46.0. The van der Waals surface area contributed by atoms with Gasteiger partial charge in [-0.2, -0.15) is 10.5 Å². The third kappa shape index (κ3) is 8.02. The lowest BCUT2D eigenvalue weighted by Gasteiger charge is -2.20. The van der Waals surface area contributed by atoms with Crippen LogP contribution in [0.5, 0.6) is 0 Å². The van der Waals surface area contributed by atoms with Crippen LogP contribution in [0.4, 0.5) is 0 Å². The van der Waals surface area contributed by atoms with Gasteiger partial charge in [-0.05, 0) is 135 Å². The molecule has 0 bridgehead atoms. The Hall–Kier alpha value is -7.80. The SMILES string of the molecule is CC(C)(C)c1ccc2c(c1)c1cc(C(C)(C)C)ccc1n2-c1ccc(C#N)cc1-c1cc(-c2cc(C#N)ccc2-n2c3ccc(C(C)(C)C)cc3c3cc(C(C)(C)C)ccc32)nc(-c2ccccc2)n1. The molecule has 0 aliphatic carbocycles. The van der Waals surface area contributed by atoms with Crippen molar-refractivity contribution in [2.24, 2.45) is 0 Å². The summed E-state index contributed by atoms with van der Waals surface area (Å²) in [7, 11) is 0. The van der Waals surface area contributed by atoms with Crippen molar-refractivity contribution < 1.29 is 0 Å². The Bertz CT molecular complexity index is 3450. The van der Waals surface area contributed by atoms with Gasteiger partial charge in [0.2, 0.25) is 0 Å². The third-order valence-electron chi connectivity index (χ3n) is 14.0. The van der Waals surface area contributed by atoms with Crippen LogP contribution in [0.1, 0.15) is 116 Å². The Morgan fingerprint density at radius 2 is 0.700 bits per heavy atom. The molecule has 0 atom stereocenters. The van der Waals surface area contributed by atoms with Gasteiger partial charge in [0.1, 0.15) is 0 Å². The quantitative estimate of drug-likeness (QED) is 0.172. The predicted octanol–water partition coefficient (Wildman–Crippen LogP) is 16.6. The van der Waals surface area contributed by atoms with Crippen molar-refractivity contribution in [1.82, 2.24) is 19.1 Å². The van der Waals surface area contributed by atoms with Crippen LogP contribution in [-0.2, 0) is 21.7 Å². The molecule has 10 aromatic rings. The van der Waals surface area contributed by atoms with E-state index in [9.17, 15) is 10.5 Å². The maximum Gasteiger partial charge on any atom is 0.160 e. The van der Waals surface area contributed by atoms with Crippen molar-refractivity contribution in [2.45, 2.75) is 105 Å². The van der Waals surface area contributed by atoms with E-state index in [0.29, 0.717) is 28.3 Å². The monoisotopic (exact) mass is 912 g/mol. The molecule has 3 heterocycles. The van der Waals surface area contributed by atoms with E-state index < -0.39 is 0 Å². The van der Waals surface area contributed by atoms with Crippen molar-refractivity contribution in [3.8, 4) is 57.4 Å². The first-order chi connectivity index (χ1) is 33.1. The van der Waals surface area contributed by atoms with Crippen molar-refractivity contribution in [2.75, 3.05) is 0 Å². The summed E-state index contributed by atoms with van der Waals surface area (Å²) in [6.07, 6.45) is 0. The van der Waals surface area contributed by atoms with E-state index >= 15 is 0 Å². The second-order valence-electron chi connectivity index (χ2n) is 23.1. The lowest BCUT2D eigenvalue weighted by Crippen LogP contribution is -2.10. The van der Waals surface area contributed by atoms with Gasteiger partial charge in [-0.3, -0.25) is 0 Å². The van der Waals surface area contributed by atoms with Gasteiger partial charge in [-0.1, -0.05) is 138 Å². The number of fused-ring (bicyclic) bond motifs is 6. The minimum absolute atomic E-state index is 0.0548. The van der Waals surface area contributed by atoms with Crippen LogP contribution in [0.25, 0.3) is 88.9 Å². The van der Waals surface area contributed by atoms with Gasteiger partial charge in [0.05, 0.1) is 68.1 Å². The minimum Gasteiger partial charge on any atom is -0.309 e. The van der Waals surface area contributed by atoms with Crippen LogP contribution in [0.3, 0.4) is 0 Å². The van der Waals surface area contributed by atoms with E-state index in [4.69, 9.17) is 9.97 Å². The molecule has 0 N–H and O–H groups in total. The Morgan fingerprint density at radius 3 is 1.00 bits per heavy atom. The average molecular weight is 913 g/mol. The highest BCUT2D eigenvalue weighted by Crippen LogP contribution is 2.43. The molecular weight excluding hydrogens is 853 g/mol. The Kier molecular flexibility index (Phi) is 10.8. The summed E-state index contributed by atoms with van der Waals surface area (Å²) < 4.78 is 4.67. The van der Waals surface area contributed by atoms with Crippen molar-refractivity contribution in [3.63, 3.8) is 0 Å². The first-order valence-electron chi connectivity index (χ1n) is 24.3. The van der Waals surface area contributed by atoms with Crippen molar-refractivity contribution in [3.05, 3.63) is 179 Å². The summed E-state index contributed by atoms with van der Waals surface area (Å²) in [5.74, 6) is 0.536. The first-order valence-corrected chi connectivity index (χ1v) is 24.3. The number of hydrogen-bond donors (Lipinski definition) is 0. The average Bonchev–Trinajstić information content (AvgIpc) is 3.84. The van der Waals surface area contributed by atoms with E-state index in [0.717, 1.165) is 50.1 Å². The van der Waals surface area contributed by atoms with E-state index in [1.807, 2.05) is 60.7 Å². The third-order valence-corrected chi connectivity index (χ3v) is 14.0. The van der Waals surface area contributed by atoms with Crippen LogP contribution in [0.15, 0.2) is 146 Å². The molecule has 10 rings (SSSR count). The van der Waals surface area contributed by atoms with E-state index in [2.05, 4.69) is 189 Å². The molecule has 0 aliphatic rings. The fraction of sp³-hybridized carbons (Fsp3) is 0.250. The fourth-order valence-electron chi connectivity index (χ4n) is 9.88. The predicted molar refractivity (Wildman–Crippen MR) is 291 cm³/mol. The standard InChI is InChI=1S/C64H60N6/c1-61(2,3)42-20-26-54-46(32-42)47-33-43(62(4,5)6)21-27-55(47)69(54)58-24-18-39(37-65)30-50(58)52-36-53(68-60(67-52)41-16-14-13-15-17-41)51-31-40(38-66)19-25-59(51)70-56-28-22-44(63(7,8)9)34-48(56)49-35-45(64(10,11)12)23-29-57(49)70/h13-36H,1-12H3. The normalized spacial score (nSPS) is 12.5. The zero-order valence-corrected chi connectivity index (χ0v) is 42.5. The number of aromatic nitrogens is 4. The zero-order chi connectivity index (χ0) is 49.7. The molecule has 6 heteroatoms. The minimum atomic E-state index is -0.0548. The number of rotatable bonds is 5. The largest absolute Gasteiger partial charge is 0.309 e. The number of hydrogen-bond acceptors (Lipinski definition) is 4. The molecule has 0 aliphatic heterocycles. The topological polar surface area (TPSA) is 83.2 Å². The second kappa shape index (κ2) is 16.4. The van der Waals surface area contributed by atoms with Gasteiger partial charge < -0.3 is 9.13 Å². The van der Waals surface area contributed by atoms with Crippen LogP contribution in [-0.4, -0.2) is 19.1 Å². The van der Waals surface area contributed by atoms with E-state index in [1.165, 1.54) is 43.8 Å². The summed E-state index contributed by atoms with van der Waals surface area (Å²) >= 11 is 0. The molecule has 0 unspecified atom stereocenters.